The largest absolute Gasteiger partial charge is 0.480 e. The Kier molecular flexibility index (Phi) is 4.93. The van der Waals surface area contributed by atoms with Gasteiger partial charge in [0, 0.05) is 0 Å². The van der Waals surface area contributed by atoms with Gasteiger partial charge >= 0.3 is 5.97 Å². The molecule has 0 aliphatic rings. The van der Waals surface area contributed by atoms with Crippen molar-refractivity contribution in [2.45, 2.75) is 26.4 Å². The van der Waals surface area contributed by atoms with E-state index in [-0.39, 0.29) is 12.5 Å². The average Bonchev–Trinajstić information content (AvgIpc) is 2.87. The van der Waals surface area contributed by atoms with Gasteiger partial charge < -0.3 is 9.52 Å². The summed E-state index contributed by atoms with van der Waals surface area (Å²) < 4.78 is 5.50. The number of carboxylic acids is 1. The van der Waals surface area contributed by atoms with E-state index in [0.29, 0.717) is 22.4 Å². The molecule has 1 aromatic carbocycles. The molecule has 0 saturated carbocycles. The first-order valence-electron chi connectivity index (χ1n) is 6.52. The second kappa shape index (κ2) is 6.69. The minimum absolute atomic E-state index is 0.0477. The average molecular weight is 310 g/mol. The van der Waals surface area contributed by atoms with E-state index in [9.17, 15) is 4.79 Å². The van der Waals surface area contributed by atoms with Gasteiger partial charge in [-0.15, -0.1) is 10.2 Å². The lowest BCUT2D eigenvalue weighted by atomic mass is 10.1. The summed E-state index contributed by atoms with van der Waals surface area (Å²) in [4.78, 5) is 11.1. The van der Waals surface area contributed by atoms with E-state index in [0.717, 1.165) is 0 Å². The topological polar surface area (TPSA) is 88.3 Å². The Bertz CT molecular complexity index is 627. The highest BCUT2D eigenvalue weighted by Crippen LogP contribution is 2.26. The number of aliphatic carboxylic acids is 1. The number of nitrogens with one attached hydrogen (secondary N) is 1. The molecule has 2 rings (SSSR count). The molecule has 2 aromatic rings. The van der Waals surface area contributed by atoms with Crippen LogP contribution in [0.5, 0.6) is 0 Å². The van der Waals surface area contributed by atoms with Crippen LogP contribution in [0.4, 0.5) is 0 Å². The first-order chi connectivity index (χ1) is 9.99. The van der Waals surface area contributed by atoms with E-state index in [2.05, 4.69) is 15.5 Å². The first kappa shape index (κ1) is 15.5. The molecule has 0 aliphatic heterocycles. The summed E-state index contributed by atoms with van der Waals surface area (Å²) in [6, 6.07) is 6.48. The van der Waals surface area contributed by atoms with Gasteiger partial charge in [0.2, 0.25) is 11.8 Å². The summed E-state index contributed by atoms with van der Waals surface area (Å²) >= 11 is 6.06. The fourth-order valence-corrected chi connectivity index (χ4v) is 2.09. The molecule has 2 N–H and O–H groups in total. The van der Waals surface area contributed by atoms with Crippen LogP contribution in [0.15, 0.2) is 28.7 Å². The quantitative estimate of drug-likeness (QED) is 0.852. The molecular formula is C14H16ClN3O3. The summed E-state index contributed by atoms with van der Waals surface area (Å²) in [5, 5.41) is 20.3. The third-order valence-corrected chi connectivity index (χ3v) is 3.31. The Balaban J connectivity index is 2.07. The van der Waals surface area contributed by atoms with Crippen LogP contribution < -0.4 is 5.32 Å². The third-order valence-electron chi connectivity index (χ3n) is 2.98. The van der Waals surface area contributed by atoms with E-state index in [1.165, 1.54) is 0 Å². The van der Waals surface area contributed by atoms with Crippen molar-refractivity contribution in [2.75, 3.05) is 0 Å². The van der Waals surface area contributed by atoms with Crippen molar-refractivity contribution in [3.05, 3.63) is 35.2 Å². The fraction of sp³-hybridized carbons (Fsp3) is 0.357. The predicted octanol–water partition coefficient (Wildman–Crippen LogP) is 2.59. The first-order valence-corrected chi connectivity index (χ1v) is 6.90. The number of carboxylic acid groups (broad SMARTS) is 1. The highest BCUT2D eigenvalue weighted by molar-refractivity contribution is 6.33. The molecular weight excluding hydrogens is 294 g/mol. The van der Waals surface area contributed by atoms with Crippen LogP contribution in [-0.4, -0.2) is 27.3 Å². The molecule has 1 heterocycles. The van der Waals surface area contributed by atoms with Crippen molar-refractivity contribution in [3.63, 3.8) is 0 Å². The Morgan fingerprint density at radius 1 is 1.38 bits per heavy atom. The van der Waals surface area contributed by atoms with Crippen LogP contribution in [0.2, 0.25) is 5.02 Å². The molecule has 21 heavy (non-hydrogen) atoms. The number of aromatic nitrogens is 2. The minimum Gasteiger partial charge on any atom is -0.480 e. The maximum Gasteiger partial charge on any atom is 0.320 e. The number of carbonyl (C=O) groups is 1. The molecule has 0 radical (unpaired) electrons. The lowest BCUT2D eigenvalue weighted by molar-refractivity contribution is -0.140. The second-order valence-electron chi connectivity index (χ2n) is 4.92. The SMILES string of the molecule is CC(C)C(NCc1nnc(-c2ccccc2Cl)o1)C(=O)O. The smallest absolute Gasteiger partial charge is 0.320 e. The minimum atomic E-state index is -0.907. The third kappa shape index (κ3) is 3.80. The lowest BCUT2D eigenvalue weighted by Gasteiger charge is -2.16. The van der Waals surface area contributed by atoms with Gasteiger partial charge in [0.15, 0.2) is 0 Å². The van der Waals surface area contributed by atoms with Gasteiger partial charge in [-0.3, -0.25) is 10.1 Å². The van der Waals surface area contributed by atoms with Gasteiger partial charge in [-0.05, 0) is 18.1 Å². The number of rotatable bonds is 6. The maximum absolute atomic E-state index is 11.1. The van der Waals surface area contributed by atoms with E-state index in [1.807, 2.05) is 26.0 Å². The molecule has 0 fully saturated rings. The van der Waals surface area contributed by atoms with Crippen molar-refractivity contribution < 1.29 is 14.3 Å². The van der Waals surface area contributed by atoms with Gasteiger partial charge in [-0.25, -0.2) is 0 Å². The fourth-order valence-electron chi connectivity index (χ4n) is 1.87. The monoisotopic (exact) mass is 309 g/mol. The highest BCUT2D eigenvalue weighted by atomic mass is 35.5. The van der Waals surface area contributed by atoms with E-state index >= 15 is 0 Å². The van der Waals surface area contributed by atoms with E-state index in [4.69, 9.17) is 21.1 Å². The van der Waals surface area contributed by atoms with Gasteiger partial charge in [-0.1, -0.05) is 37.6 Å². The second-order valence-corrected chi connectivity index (χ2v) is 5.33. The standard InChI is InChI=1S/C14H16ClN3O3/c1-8(2)12(14(19)20)16-7-11-17-18-13(21-11)9-5-3-4-6-10(9)15/h3-6,8,12,16H,7H2,1-2H3,(H,19,20). The van der Waals surface area contributed by atoms with Crippen molar-refractivity contribution >= 4 is 17.6 Å². The van der Waals surface area contributed by atoms with Crippen LogP contribution in [0.1, 0.15) is 19.7 Å². The zero-order valence-corrected chi connectivity index (χ0v) is 12.5. The molecule has 1 aromatic heterocycles. The number of benzene rings is 1. The number of hydrogen-bond acceptors (Lipinski definition) is 5. The lowest BCUT2D eigenvalue weighted by Crippen LogP contribution is -2.40. The number of nitrogens with zero attached hydrogens (tertiary/aromatic N) is 2. The van der Waals surface area contributed by atoms with E-state index < -0.39 is 12.0 Å². The Labute approximate surface area is 127 Å². The van der Waals surface area contributed by atoms with Crippen LogP contribution in [0.25, 0.3) is 11.5 Å². The molecule has 0 bridgehead atoms. The Hall–Kier alpha value is -1.92. The van der Waals surface area contributed by atoms with E-state index in [1.54, 1.807) is 12.1 Å². The van der Waals surface area contributed by atoms with Gasteiger partial charge in [0.25, 0.3) is 0 Å². The molecule has 0 saturated heterocycles. The maximum atomic E-state index is 11.1. The molecule has 0 aliphatic carbocycles. The van der Waals surface area contributed by atoms with Crippen molar-refractivity contribution in [1.29, 1.82) is 0 Å². The zero-order valence-electron chi connectivity index (χ0n) is 11.7. The van der Waals surface area contributed by atoms with Gasteiger partial charge in [0.05, 0.1) is 17.1 Å². The summed E-state index contributed by atoms with van der Waals surface area (Å²) in [5.41, 5.74) is 0.650. The Morgan fingerprint density at radius 2 is 2.10 bits per heavy atom. The molecule has 6 nitrogen and oxygen atoms in total. The van der Waals surface area contributed by atoms with Crippen LogP contribution in [-0.2, 0) is 11.3 Å². The molecule has 1 atom stereocenters. The van der Waals surface area contributed by atoms with Crippen LogP contribution in [0.3, 0.4) is 0 Å². The van der Waals surface area contributed by atoms with Crippen LogP contribution >= 0.6 is 11.6 Å². The van der Waals surface area contributed by atoms with Crippen molar-refractivity contribution in [2.24, 2.45) is 5.92 Å². The van der Waals surface area contributed by atoms with Crippen molar-refractivity contribution in [1.82, 2.24) is 15.5 Å². The number of hydrogen-bond donors (Lipinski definition) is 2. The summed E-state index contributed by atoms with van der Waals surface area (Å²) in [7, 11) is 0. The molecule has 7 heteroatoms. The summed E-state index contributed by atoms with van der Waals surface area (Å²) in [6.45, 7) is 3.84. The van der Waals surface area contributed by atoms with Crippen molar-refractivity contribution in [3.8, 4) is 11.5 Å². The predicted molar refractivity (Wildman–Crippen MR) is 77.8 cm³/mol. The normalized spacial score (nSPS) is 12.6. The molecule has 0 amide bonds. The molecule has 0 spiro atoms. The summed E-state index contributed by atoms with van der Waals surface area (Å²) in [5.74, 6) is -0.324. The van der Waals surface area contributed by atoms with Gasteiger partial charge in [0.1, 0.15) is 6.04 Å². The highest BCUT2D eigenvalue weighted by Gasteiger charge is 2.21. The number of halogens is 1. The zero-order chi connectivity index (χ0) is 15.4. The molecule has 1 unspecified atom stereocenters. The van der Waals surface area contributed by atoms with Crippen LogP contribution in [0, 0.1) is 5.92 Å². The van der Waals surface area contributed by atoms with Gasteiger partial charge in [-0.2, -0.15) is 0 Å². The molecule has 112 valence electrons. The Morgan fingerprint density at radius 3 is 2.71 bits per heavy atom. The summed E-state index contributed by atoms with van der Waals surface area (Å²) in [6.07, 6.45) is 0.